The predicted molar refractivity (Wildman–Crippen MR) is 135 cm³/mol. The van der Waals surface area contributed by atoms with E-state index in [2.05, 4.69) is 26.0 Å². The molecule has 0 saturated carbocycles. The first kappa shape index (κ1) is 30.7. The molecule has 0 radical (unpaired) electrons. The van der Waals surface area contributed by atoms with Crippen molar-refractivity contribution in [2.45, 2.75) is 142 Å². The lowest BCUT2D eigenvalue weighted by molar-refractivity contribution is -0.154. The average Bonchev–Trinajstić information content (AvgIpc) is 2.76. The molecule has 0 spiro atoms. The molecule has 2 unspecified atom stereocenters. The van der Waals surface area contributed by atoms with E-state index < -0.39 is 23.8 Å². The van der Waals surface area contributed by atoms with Crippen molar-refractivity contribution in [1.29, 1.82) is 0 Å². The average molecular weight is 453 g/mol. The summed E-state index contributed by atoms with van der Waals surface area (Å²) in [6.45, 7) is 4.42. The summed E-state index contributed by atoms with van der Waals surface area (Å²) in [5.41, 5.74) is 0. The van der Waals surface area contributed by atoms with Gasteiger partial charge >= 0.3 is 11.9 Å². The number of unbranched alkanes of at least 4 members (excludes halogenated alkanes) is 15. The van der Waals surface area contributed by atoms with Crippen LogP contribution in [0.4, 0.5) is 0 Å². The Balaban J connectivity index is 3.94. The third-order valence-corrected chi connectivity index (χ3v) is 6.52. The number of rotatable bonds is 24. The Bertz CT molecular complexity index is 472. The van der Waals surface area contributed by atoms with Gasteiger partial charge in [-0.15, -0.1) is 0 Å². The number of carboxylic acid groups (broad SMARTS) is 2. The van der Waals surface area contributed by atoms with Crippen LogP contribution in [0.1, 0.15) is 142 Å². The fourth-order valence-electron chi connectivity index (χ4n) is 4.40. The van der Waals surface area contributed by atoms with Crippen molar-refractivity contribution in [3.63, 3.8) is 0 Å². The summed E-state index contributed by atoms with van der Waals surface area (Å²) in [4.78, 5) is 23.4. The predicted octanol–water partition coefficient (Wildman–Crippen LogP) is 8.79. The third-order valence-electron chi connectivity index (χ3n) is 6.52. The van der Waals surface area contributed by atoms with Crippen molar-refractivity contribution in [2.75, 3.05) is 0 Å². The standard InChI is InChI=1S/C28H52O4/c1-3-5-7-9-11-12-13-14-15-16-17-18-20-22-24-26(28(31)32)25(27(29)30)23-21-19-10-8-6-4-2/h14-15,25-26H,3-13,16-24H2,1-2H3,(H,29,30)(H,31,32)/b15-14-. The molecule has 0 amide bonds. The maximum Gasteiger partial charge on any atom is 0.307 e. The zero-order valence-electron chi connectivity index (χ0n) is 21.2. The summed E-state index contributed by atoms with van der Waals surface area (Å²) >= 11 is 0. The number of carboxylic acids is 2. The van der Waals surface area contributed by atoms with Crippen molar-refractivity contribution in [3.05, 3.63) is 12.2 Å². The number of hydrogen-bond donors (Lipinski definition) is 2. The van der Waals surface area contributed by atoms with Gasteiger partial charge in [0.05, 0.1) is 11.8 Å². The van der Waals surface area contributed by atoms with E-state index in [1.807, 2.05) is 0 Å². The van der Waals surface area contributed by atoms with E-state index in [1.165, 1.54) is 64.2 Å². The molecule has 0 aliphatic heterocycles. The molecule has 4 nitrogen and oxygen atoms in total. The molecule has 0 aromatic carbocycles. The molecular weight excluding hydrogens is 400 g/mol. The SMILES string of the molecule is CCCCCCCC/C=C\CCCCCCC(C(=O)O)C(CCCCCCCC)C(=O)O. The number of carbonyl (C=O) groups is 2. The highest BCUT2D eigenvalue weighted by Gasteiger charge is 2.32. The molecule has 0 heterocycles. The van der Waals surface area contributed by atoms with Gasteiger partial charge in [-0.05, 0) is 38.5 Å². The van der Waals surface area contributed by atoms with Gasteiger partial charge in [0.2, 0.25) is 0 Å². The minimum Gasteiger partial charge on any atom is -0.481 e. The zero-order valence-corrected chi connectivity index (χ0v) is 21.2. The fourth-order valence-corrected chi connectivity index (χ4v) is 4.40. The maximum atomic E-state index is 11.7. The van der Waals surface area contributed by atoms with E-state index >= 15 is 0 Å². The van der Waals surface area contributed by atoms with Crippen LogP contribution < -0.4 is 0 Å². The molecule has 0 aliphatic carbocycles. The highest BCUT2D eigenvalue weighted by Crippen LogP contribution is 2.26. The minimum atomic E-state index is -0.944. The Morgan fingerprint density at radius 2 is 0.844 bits per heavy atom. The molecular formula is C28H52O4. The Morgan fingerprint density at radius 3 is 1.19 bits per heavy atom. The second kappa shape index (κ2) is 22.9. The van der Waals surface area contributed by atoms with Crippen LogP contribution in [-0.2, 0) is 9.59 Å². The summed E-state index contributed by atoms with van der Waals surface area (Å²) < 4.78 is 0. The first-order chi connectivity index (χ1) is 15.5. The van der Waals surface area contributed by atoms with E-state index in [0.29, 0.717) is 12.8 Å². The van der Waals surface area contributed by atoms with E-state index in [1.54, 1.807) is 0 Å². The summed E-state index contributed by atoms with van der Waals surface area (Å²) in [6.07, 6.45) is 26.4. The first-order valence-corrected chi connectivity index (χ1v) is 13.6. The summed E-state index contributed by atoms with van der Waals surface area (Å²) in [5.74, 6) is -3.38. The van der Waals surface area contributed by atoms with Crippen LogP contribution in [0.15, 0.2) is 12.2 Å². The van der Waals surface area contributed by atoms with Crippen molar-refractivity contribution < 1.29 is 19.8 Å². The second-order valence-corrected chi connectivity index (χ2v) is 9.47. The minimum absolute atomic E-state index is 0.482. The van der Waals surface area contributed by atoms with Crippen LogP contribution >= 0.6 is 0 Å². The second-order valence-electron chi connectivity index (χ2n) is 9.47. The van der Waals surface area contributed by atoms with E-state index in [4.69, 9.17) is 0 Å². The molecule has 0 rings (SSSR count). The van der Waals surface area contributed by atoms with Crippen molar-refractivity contribution >= 4 is 11.9 Å². The van der Waals surface area contributed by atoms with Gasteiger partial charge < -0.3 is 10.2 Å². The molecule has 0 aromatic rings. The summed E-state index contributed by atoms with van der Waals surface area (Å²) in [7, 11) is 0. The van der Waals surface area contributed by atoms with Crippen LogP contribution in [0.3, 0.4) is 0 Å². The molecule has 0 aromatic heterocycles. The molecule has 188 valence electrons. The van der Waals surface area contributed by atoms with Crippen LogP contribution in [0.5, 0.6) is 0 Å². The number of aliphatic carboxylic acids is 2. The van der Waals surface area contributed by atoms with Gasteiger partial charge in [0.25, 0.3) is 0 Å². The molecule has 0 saturated heterocycles. The van der Waals surface area contributed by atoms with Crippen molar-refractivity contribution in [2.24, 2.45) is 11.8 Å². The Morgan fingerprint density at radius 1 is 0.531 bits per heavy atom. The number of allylic oxidation sites excluding steroid dienone is 2. The Labute approximate surface area is 198 Å². The Kier molecular flexibility index (Phi) is 21.9. The van der Waals surface area contributed by atoms with Crippen LogP contribution in [0.25, 0.3) is 0 Å². The van der Waals surface area contributed by atoms with E-state index in [-0.39, 0.29) is 0 Å². The molecule has 0 fully saturated rings. The van der Waals surface area contributed by atoms with E-state index in [9.17, 15) is 19.8 Å². The van der Waals surface area contributed by atoms with E-state index in [0.717, 1.165) is 51.4 Å². The molecule has 0 aliphatic rings. The lowest BCUT2D eigenvalue weighted by Gasteiger charge is -2.20. The maximum absolute atomic E-state index is 11.7. The quantitative estimate of drug-likeness (QED) is 0.113. The van der Waals surface area contributed by atoms with Crippen LogP contribution in [0, 0.1) is 11.8 Å². The van der Waals surface area contributed by atoms with Crippen LogP contribution in [0.2, 0.25) is 0 Å². The first-order valence-electron chi connectivity index (χ1n) is 13.6. The third kappa shape index (κ3) is 18.3. The van der Waals surface area contributed by atoms with Gasteiger partial charge in [0.15, 0.2) is 0 Å². The molecule has 0 bridgehead atoms. The Hall–Kier alpha value is -1.32. The molecule has 4 heteroatoms. The molecule has 2 N–H and O–H groups in total. The largest absolute Gasteiger partial charge is 0.481 e. The van der Waals surface area contributed by atoms with Crippen molar-refractivity contribution in [3.8, 4) is 0 Å². The highest BCUT2D eigenvalue weighted by atomic mass is 16.4. The normalized spacial score (nSPS) is 13.4. The van der Waals surface area contributed by atoms with Crippen molar-refractivity contribution in [1.82, 2.24) is 0 Å². The smallest absolute Gasteiger partial charge is 0.307 e. The lowest BCUT2D eigenvalue weighted by atomic mass is 9.84. The van der Waals surface area contributed by atoms with Gasteiger partial charge in [-0.1, -0.05) is 116 Å². The van der Waals surface area contributed by atoms with Gasteiger partial charge in [0.1, 0.15) is 0 Å². The number of hydrogen-bond acceptors (Lipinski definition) is 2. The van der Waals surface area contributed by atoms with Gasteiger partial charge in [-0.3, -0.25) is 9.59 Å². The monoisotopic (exact) mass is 452 g/mol. The van der Waals surface area contributed by atoms with Gasteiger partial charge in [-0.25, -0.2) is 0 Å². The molecule has 2 atom stereocenters. The fraction of sp³-hybridized carbons (Fsp3) is 0.857. The summed E-state index contributed by atoms with van der Waals surface area (Å²) in [5, 5.41) is 19.2. The van der Waals surface area contributed by atoms with Gasteiger partial charge in [-0.2, -0.15) is 0 Å². The highest BCUT2D eigenvalue weighted by molar-refractivity contribution is 5.79. The summed E-state index contributed by atoms with van der Waals surface area (Å²) in [6, 6.07) is 0. The van der Waals surface area contributed by atoms with Crippen LogP contribution in [-0.4, -0.2) is 22.2 Å². The molecule has 32 heavy (non-hydrogen) atoms. The zero-order chi connectivity index (χ0) is 23.9. The van der Waals surface area contributed by atoms with Gasteiger partial charge in [0, 0.05) is 0 Å². The topological polar surface area (TPSA) is 74.6 Å². The lowest BCUT2D eigenvalue weighted by Crippen LogP contribution is -2.30.